The van der Waals surface area contributed by atoms with Gasteiger partial charge in [-0.05, 0) is 18.6 Å². The van der Waals surface area contributed by atoms with E-state index in [4.69, 9.17) is 4.74 Å². The van der Waals surface area contributed by atoms with Gasteiger partial charge < -0.3 is 15.2 Å². The number of rotatable bonds is 3. The maximum Gasteiger partial charge on any atom is 0.255 e. The second-order valence-corrected chi connectivity index (χ2v) is 5.47. The number of carbonyl (C=O) groups is 1. The van der Waals surface area contributed by atoms with E-state index in [-0.39, 0.29) is 28.9 Å². The first kappa shape index (κ1) is 13.8. The number of aromatic hydroxyl groups is 1. The molecular weight excluding hydrogens is 249 g/mol. The van der Waals surface area contributed by atoms with Crippen molar-refractivity contribution in [3.8, 4) is 5.75 Å². The van der Waals surface area contributed by atoms with Gasteiger partial charge in [-0.25, -0.2) is 4.39 Å². The molecule has 2 rings (SSSR count). The van der Waals surface area contributed by atoms with Gasteiger partial charge in [0.2, 0.25) is 0 Å². The second kappa shape index (κ2) is 4.81. The van der Waals surface area contributed by atoms with Gasteiger partial charge in [-0.1, -0.05) is 13.8 Å². The summed E-state index contributed by atoms with van der Waals surface area (Å²) < 4.78 is 18.2. The number of nitrogens with one attached hydrogen (secondary N) is 1. The summed E-state index contributed by atoms with van der Waals surface area (Å²) in [4.78, 5) is 12.0. The molecule has 5 heteroatoms. The van der Waals surface area contributed by atoms with Crippen LogP contribution in [0.1, 0.15) is 30.6 Å². The number of ether oxygens (including phenoxy) is 1. The molecule has 0 saturated heterocycles. The minimum atomic E-state index is -0.572. The van der Waals surface area contributed by atoms with Gasteiger partial charge in [0, 0.05) is 24.6 Å². The Morgan fingerprint density at radius 2 is 2.21 bits per heavy atom. The van der Waals surface area contributed by atoms with Crippen LogP contribution in [0.3, 0.4) is 0 Å². The number of amides is 1. The summed E-state index contributed by atoms with van der Waals surface area (Å²) in [6.45, 7) is 4.03. The molecule has 2 unspecified atom stereocenters. The van der Waals surface area contributed by atoms with Crippen LogP contribution in [0.4, 0.5) is 4.39 Å². The van der Waals surface area contributed by atoms with E-state index in [9.17, 15) is 14.3 Å². The van der Waals surface area contributed by atoms with Crippen molar-refractivity contribution < 1.29 is 19.0 Å². The van der Waals surface area contributed by atoms with Crippen LogP contribution in [0, 0.1) is 11.2 Å². The van der Waals surface area contributed by atoms with Gasteiger partial charge >= 0.3 is 0 Å². The average Bonchev–Trinajstić information content (AvgIpc) is 2.33. The fourth-order valence-electron chi connectivity index (χ4n) is 2.46. The van der Waals surface area contributed by atoms with Crippen LogP contribution < -0.4 is 5.32 Å². The maximum absolute atomic E-state index is 12.9. The molecular formula is C14H18FNO3. The zero-order chi connectivity index (χ0) is 14.2. The molecule has 1 saturated carbocycles. The molecule has 1 aliphatic rings. The van der Waals surface area contributed by atoms with E-state index >= 15 is 0 Å². The maximum atomic E-state index is 12.9. The average molecular weight is 267 g/mol. The highest BCUT2D eigenvalue weighted by molar-refractivity contribution is 5.97. The Bertz CT molecular complexity index is 501. The quantitative estimate of drug-likeness (QED) is 0.881. The number of carbonyl (C=O) groups excluding carboxylic acids is 1. The van der Waals surface area contributed by atoms with Crippen molar-refractivity contribution >= 4 is 5.91 Å². The third-order valence-electron chi connectivity index (χ3n) is 3.97. The van der Waals surface area contributed by atoms with Crippen molar-refractivity contribution in [2.24, 2.45) is 5.41 Å². The van der Waals surface area contributed by atoms with Crippen LogP contribution in [0.2, 0.25) is 0 Å². The lowest BCUT2D eigenvalue weighted by Crippen LogP contribution is -2.61. The Hall–Kier alpha value is -1.62. The summed E-state index contributed by atoms with van der Waals surface area (Å²) in [7, 11) is 1.65. The molecule has 104 valence electrons. The third kappa shape index (κ3) is 2.42. The zero-order valence-corrected chi connectivity index (χ0v) is 11.2. The first-order chi connectivity index (χ1) is 8.86. The Morgan fingerprint density at radius 3 is 2.74 bits per heavy atom. The SMILES string of the molecule is COC1CC(NC(=O)c2ccc(F)cc2O)C1(C)C. The topological polar surface area (TPSA) is 58.6 Å². The predicted molar refractivity (Wildman–Crippen MR) is 68.5 cm³/mol. The van der Waals surface area contributed by atoms with Gasteiger partial charge in [0.1, 0.15) is 11.6 Å². The molecule has 0 spiro atoms. The van der Waals surface area contributed by atoms with Crippen molar-refractivity contribution in [2.75, 3.05) is 7.11 Å². The summed E-state index contributed by atoms with van der Waals surface area (Å²) >= 11 is 0. The molecule has 1 amide bonds. The van der Waals surface area contributed by atoms with Crippen molar-refractivity contribution in [1.29, 1.82) is 0 Å². The normalized spacial score (nSPS) is 24.6. The molecule has 0 bridgehead atoms. The predicted octanol–water partition coefficient (Wildman–Crippen LogP) is 2.07. The Balaban J connectivity index is 2.07. The van der Waals surface area contributed by atoms with E-state index < -0.39 is 11.7 Å². The zero-order valence-electron chi connectivity index (χ0n) is 11.2. The minimum absolute atomic E-state index is 0.0191. The van der Waals surface area contributed by atoms with Crippen molar-refractivity contribution in [2.45, 2.75) is 32.4 Å². The summed E-state index contributed by atoms with van der Waals surface area (Å²) in [5.74, 6) is -1.32. The third-order valence-corrected chi connectivity index (χ3v) is 3.97. The number of methoxy groups -OCH3 is 1. The van der Waals surface area contributed by atoms with Crippen molar-refractivity contribution in [3.05, 3.63) is 29.6 Å². The fourth-order valence-corrected chi connectivity index (χ4v) is 2.46. The lowest BCUT2D eigenvalue weighted by molar-refractivity contribution is -0.0942. The molecule has 2 N–H and O–H groups in total. The Kier molecular flexibility index (Phi) is 3.49. The lowest BCUT2D eigenvalue weighted by atomic mass is 9.64. The van der Waals surface area contributed by atoms with Crippen molar-refractivity contribution in [1.82, 2.24) is 5.32 Å². The first-order valence-corrected chi connectivity index (χ1v) is 6.18. The number of hydrogen-bond acceptors (Lipinski definition) is 3. The van der Waals surface area contributed by atoms with Crippen LogP contribution in [0.5, 0.6) is 5.75 Å². The standard InChI is InChI=1S/C14H18FNO3/c1-14(2)11(7-12(14)19-3)16-13(18)9-5-4-8(15)6-10(9)17/h4-6,11-12,17H,7H2,1-3H3,(H,16,18). The number of halogens is 1. The van der Waals surface area contributed by atoms with Gasteiger partial charge in [-0.3, -0.25) is 4.79 Å². The highest BCUT2D eigenvalue weighted by atomic mass is 19.1. The van der Waals surface area contributed by atoms with Gasteiger partial charge in [0.15, 0.2) is 0 Å². The fraction of sp³-hybridized carbons (Fsp3) is 0.500. The Morgan fingerprint density at radius 1 is 1.53 bits per heavy atom. The first-order valence-electron chi connectivity index (χ1n) is 6.18. The molecule has 0 radical (unpaired) electrons. The van der Waals surface area contributed by atoms with Gasteiger partial charge in [0.05, 0.1) is 11.7 Å². The summed E-state index contributed by atoms with van der Waals surface area (Å²) in [5, 5.41) is 12.4. The van der Waals surface area contributed by atoms with E-state index in [2.05, 4.69) is 5.32 Å². The van der Waals surface area contributed by atoms with Crippen LogP contribution in [0.15, 0.2) is 18.2 Å². The minimum Gasteiger partial charge on any atom is -0.507 e. The molecule has 0 aliphatic heterocycles. The number of phenols is 1. The lowest BCUT2D eigenvalue weighted by Gasteiger charge is -2.51. The molecule has 19 heavy (non-hydrogen) atoms. The Labute approximate surface area is 111 Å². The number of phenolic OH excluding ortho intramolecular Hbond substituents is 1. The molecule has 0 heterocycles. The second-order valence-electron chi connectivity index (χ2n) is 5.47. The molecule has 1 fully saturated rings. The summed E-state index contributed by atoms with van der Waals surface area (Å²) in [6.07, 6.45) is 0.844. The molecule has 4 nitrogen and oxygen atoms in total. The number of benzene rings is 1. The summed E-state index contributed by atoms with van der Waals surface area (Å²) in [5.41, 5.74) is -0.0712. The number of hydrogen-bond donors (Lipinski definition) is 2. The van der Waals surface area contributed by atoms with E-state index in [0.29, 0.717) is 0 Å². The van der Waals surface area contributed by atoms with Crippen LogP contribution in [-0.4, -0.2) is 30.3 Å². The van der Waals surface area contributed by atoms with Crippen LogP contribution >= 0.6 is 0 Å². The molecule has 2 atom stereocenters. The van der Waals surface area contributed by atoms with E-state index in [0.717, 1.165) is 18.6 Å². The van der Waals surface area contributed by atoms with Gasteiger partial charge in [-0.2, -0.15) is 0 Å². The summed E-state index contributed by atoms with van der Waals surface area (Å²) in [6, 6.07) is 3.34. The van der Waals surface area contributed by atoms with E-state index in [1.165, 1.54) is 6.07 Å². The molecule has 0 aromatic heterocycles. The van der Waals surface area contributed by atoms with Gasteiger partial charge in [-0.15, -0.1) is 0 Å². The van der Waals surface area contributed by atoms with E-state index in [1.54, 1.807) is 7.11 Å². The monoisotopic (exact) mass is 267 g/mol. The van der Waals surface area contributed by atoms with Crippen molar-refractivity contribution in [3.63, 3.8) is 0 Å². The largest absolute Gasteiger partial charge is 0.507 e. The molecule has 1 aromatic carbocycles. The smallest absolute Gasteiger partial charge is 0.255 e. The highest BCUT2D eigenvalue weighted by Crippen LogP contribution is 2.42. The van der Waals surface area contributed by atoms with Crippen LogP contribution in [-0.2, 0) is 4.74 Å². The van der Waals surface area contributed by atoms with E-state index in [1.807, 2.05) is 13.8 Å². The highest BCUT2D eigenvalue weighted by Gasteiger charge is 2.49. The van der Waals surface area contributed by atoms with Gasteiger partial charge in [0.25, 0.3) is 5.91 Å². The van der Waals surface area contributed by atoms with Crippen LogP contribution in [0.25, 0.3) is 0 Å². The molecule has 1 aromatic rings. The molecule has 1 aliphatic carbocycles.